The summed E-state index contributed by atoms with van der Waals surface area (Å²) in [4.78, 5) is 31.4. The molecule has 2 saturated heterocycles. The topological polar surface area (TPSA) is 97.8 Å². The van der Waals surface area contributed by atoms with Gasteiger partial charge in [-0.1, -0.05) is 30.3 Å². The number of fused-ring (bicyclic) bond motifs is 1. The molecule has 2 fully saturated rings. The van der Waals surface area contributed by atoms with Gasteiger partial charge in [-0.15, -0.1) is 0 Å². The first kappa shape index (κ1) is 30.2. The van der Waals surface area contributed by atoms with Crippen molar-refractivity contribution in [2.75, 3.05) is 24.5 Å². The van der Waals surface area contributed by atoms with Crippen molar-refractivity contribution in [3.05, 3.63) is 82.8 Å². The fourth-order valence-corrected chi connectivity index (χ4v) is 6.41. The van der Waals surface area contributed by atoms with Gasteiger partial charge in [-0.25, -0.2) is 9.37 Å². The number of hydrogen-bond donors (Lipinski definition) is 3. The molecule has 3 N–H and O–H groups in total. The monoisotopic (exact) mass is 611 g/mol. The number of rotatable bonds is 7. The van der Waals surface area contributed by atoms with Crippen molar-refractivity contribution in [1.29, 1.82) is 0 Å². The smallest absolute Gasteiger partial charge is 0.374 e. The number of imide groups is 1. The van der Waals surface area contributed by atoms with Crippen LogP contribution in [0.4, 0.5) is 23.4 Å². The Morgan fingerprint density at radius 1 is 1.02 bits per heavy atom. The average molecular weight is 612 g/mol. The summed E-state index contributed by atoms with van der Waals surface area (Å²) in [6.07, 6.45) is -2.12. The van der Waals surface area contributed by atoms with Gasteiger partial charge in [0.15, 0.2) is 0 Å². The van der Waals surface area contributed by atoms with E-state index in [2.05, 4.69) is 15.6 Å². The highest BCUT2D eigenvalue weighted by atomic mass is 19.4. The van der Waals surface area contributed by atoms with E-state index in [1.807, 2.05) is 18.2 Å². The summed E-state index contributed by atoms with van der Waals surface area (Å²) in [7, 11) is 0. The van der Waals surface area contributed by atoms with Gasteiger partial charge in [-0.05, 0) is 72.2 Å². The van der Waals surface area contributed by atoms with Gasteiger partial charge < -0.3 is 15.3 Å². The minimum atomic E-state index is -4.60. The second-order valence-corrected chi connectivity index (χ2v) is 11.7. The standard InChI is InChI=1S/C32H33F4N5O3/c33-24-3-1-2-21(13-24)22-14-26(32(34,35)36)29(38-17-22)40-10-8-19(9-11-40)15-37-16-20-4-5-25-23(12-20)18-41(31(25)44)27-6-7-28(42)39-30(27)43/h1-5,12-14,17,19,27,31,37,44H,6-11,15-16,18H2,(H,39,42,43). The molecule has 4 heterocycles. The Bertz CT molecular complexity index is 1560. The van der Waals surface area contributed by atoms with E-state index in [9.17, 15) is 32.3 Å². The second kappa shape index (κ2) is 12.3. The highest BCUT2D eigenvalue weighted by Gasteiger charge is 2.40. The van der Waals surface area contributed by atoms with Crippen LogP contribution in [-0.2, 0) is 28.9 Å². The lowest BCUT2D eigenvalue weighted by molar-refractivity contribution is -0.142. The molecular formula is C32H33F4N5O3. The van der Waals surface area contributed by atoms with Gasteiger partial charge in [0.05, 0.1) is 11.6 Å². The van der Waals surface area contributed by atoms with Crippen LogP contribution in [0.15, 0.2) is 54.7 Å². The number of nitrogens with one attached hydrogen (secondary N) is 2. The lowest BCUT2D eigenvalue weighted by Crippen LogP contribution is -2.51. The number of piperidine rings is 2. The number of amides is 2. The number of pyridine rings is 1. The first-order valence-corrected chi connectivity index (χ1v) is 14.7. The molecule has 3 aromatic rings. The molecule has 2 aromatic carbocycles. The Morgan fingerprint density at radius 3 is 2.55 bits per heavy atom. The molecule has 6 rings (SSSR count). The van der Waals surface area contributed by atoms with Crippen molar-refractivity contribution in [3.63, 3.8) is 0 Å². The summed E-state index contributed by atoms with van der Waals surface area (Å²) in [6.45, 7) is 2.58. The van der Waals surface area contributed by atoms with Crippen LogP contribution in [0.25, 0.3) is 11.1 Å². The van der Waals surface area contributed by atoms with E-state index in [4.69, 9.17) is 0 Å². The third kappa shape index (κ3) is 6.33. The molecule has 0 bridgehead atoms. The van der Waals surface area contributed by atoms with Crippen LogP contribution in [0.1, 0.15) is 54.2 Å². The van der Waals surface area contributed by atoms with E-state index in [1.54, 1.807) is 15.9 Å². The molecule has 232 valence electrons. The summed E-state index contributed by atoms with van der Waals surface area (Å²) in [6, 6.07) is 11.7. The van der Waals surface area contributed by atoms with E-state index in [-0.39, 0.29) is 35.5 Å². The molecule has 1 aromatic heterocycles. The highest BCUT2D eigenvalue weighted by molar-refractivity contribution is 6.00. The van der Waals surface area contributed by atoms with Crippen molar-refractivity contribution in [2.24, 2.45) is 5.92 Å². The molecule has 2 atom stereocenters. The van der Waals surface area contributed by atoms with Crippen molar-refractivity contribution in [3.8, 4) is 11.1 Å². The average Bonchev–Trinajstić information content (AvgIpc) is 3.32. The molecule has 2 amide bonds. The van der Waals surface area contributed by atoms with Gasteiger partial charge in [0.1, 0.15) is 17.9 Å². The maximum absolute atomic E-state index is 14.0. The fraction of sp³-hybridized carbons (Fsp3) is 0.406. The van der Waals surface area contributed by atoms with Crippen LogP contribution < -0.4 is 15.5 Å². The Hall–Kier alpha value is -3.87. The fourth-order valence-electron chi connectivity index (χ4n) is 6.41. The zero-order valence-electron chi connectivity index (χ0n) is 23.9. The molecule has 3 aliphatic rings. The van der Waals surface area contributed by atoms with Crippen molar-refractivity contribution < 1.29 is 32.3 Å². The first-order valence-electron chi connectivity index (χ1n) is 14.7. The number of benzene rings is 2. The third-order valence-electron chi connectivity index (χ3n) is 8.77. The van der Waals surface area contributed by atoms with Gasteiger partial charge in [-0.2, -0.15) is 13.2 Å². The predicted octanol–water partition coefficient (Wildman–Crippen LogP) is 4.52. The first-order chi connectivity index (χ1) is 21.1. The highest BCUT2D eigenvalue weighted by Crippen LogP contribution is 2.39. The summed E-state index contributed by atoms with van der Waals surface area (Å²) in [5, 5.41) is 16.6. The molecule has 0 saturated carbocycles. The van der Waals surface area contributed by atoms with Crippen molar-refractivity contribution in [2.45, 2.75) is 57.2 Å². The van der Waals surface area contributed by atoms with Crippen LogP contribution in [0.3, 0.4) is 0 Å². The maximum Gasteiger partial charge on any atom is 0.419 e. The number of carbonyl (C=O) groups excluding carboxylic acids is 2. The molecule has 44 heavy (non-hydrogen) atoms. The van der Waals surface area contributed by atoms with E-state index >= 15 is 0 Å². The van der Waals surface area contributed by atoms with E-state index in [1.165, 1.54) is 24.4 Å². The third-order valence-corrected chi connectivity index (χ3v) is 8.77. The summed E-state index contributed by atoms with van der Waals surface area (Å²) in [5.74, 6) is -1.02. The number of alkyl halides is 3. The van der Waals surface area contributed by atoms with Crippen LogP contribution >= 0.6 is 0 Å². The number of halogens is 4. The van der Waals surface area contributed by atoms with Gasteiger partial charge in [0.25, 0.3) is 0 Å². The zero-order chi connectivity index (χ0) is 31.0. The number of aliphatic hydroxyl groups excluding tert-OH is 1. The summed E-state index contributed by atoms with van der Waals surface area (Å²) in [5.41, 5.74) is 2.44. The van der Waals surface area contributed by atoms with Crippen LogP contribution in [-0.4, -0.2) is 52.5 Å². The Labute approximate surface area is 252 Å². The molecule has 12 heteroatoms. The van der Waals surface area contributed by atoms with Crippen LogP contribution in [0.2, 0.25) is 0 Å². The normalized spacial score (nSPS) is 21.4. The van der Waals surface area contributed by atoms with Gasteiger partial charge in [0.2, 0.25) is 11.8 Å². The maximum atomic E-state index is 14.0. The van der Waals surface area contributed by atoms with Crippen molar-refractivity contribution >= 4 is 17.6 Å². The Morgan fingerprint density at radius 2 is 1.82 bits per heavy atom. The van der Waals surface area contributed by atoms with E-state index in [0.29, 0.717) is 57.5 Å². The second-order valence-electron chi connectivity index (χ2n) is 11.7. The quantitative estimate of drug-likeness (QED) is 0.267. The molecule has 2 unspecified atom stereocenters. The van der Waals surface area contributed by atoms with E-state index in [0.717, 1.165) is 22.8 Å². The van der Waals surface area contributed by atoms with Gasteiger partial charge in [-0.3, -0.25) is 19.8 Å². The van der Waals surface area contributed by atoms with Gasteiger partial charge >= 0.3 is 6.18 Å². The Kier molecular flexibility index (Phi) is 8.40. The number of aromatic nitrogens is 1. The summed E-state index contributed by atoms with van der Waals surface area (Å²) < 4.78 is 55.8. The number of carbonyl (C=O) groups is 2. The molecule has 0 spiro atoms. The van der Waals surface area contributed by atoms with Crippen LogP contribution in [0.5, 0.6) is 0 Å². The molecule has 0 aliphatic carbocycles. The SMILES string of the molecule is O=C1CCC(N2Cc3cc(CNCC4CCN(c5ncc(-c6cccc(F)c6)cc5C(F)(F)F)CC4)ccc3C2O)C(=O)N1. The number of hydrogen-bond acceptors (Lipinski definition) is 7. The van der Waals surface area contributed by atoms with Crippen LogP contribution in [0, 0.1) is 11.7 Å². The lowest BCUT2D eigenvalue weighted by Gasteiger charge is -2.34. The predicted molar refractivity (Wildman–Crippen MR) is 154 cm³/mol. The molecule has 8 nitrogen and oxygen atoms in total. The van der Waals surface area contributed by atoms with E-state index < -0.39 is 29.8 Å². The van der Waals surface area contributed by atoms with Crippen molar-refractivity contribution in [1.82, 2.24) is 20.5 Å². The number of anilines is 1. The number of nitrogens with zero attached hydrogens (tertiary/aromatic N) is 3. The minimum absolute atomic E-state index is 0.101. The zero-order valence-corrected chi connectivity index (χ0v) is 23.9. The molecule has 3 aliphatic heterocycles. The van der Waals surface area contributed by atoms with Gasteiger partial charge in [0, 0.05) is 44.4 Å². The summed E-state index contributed by atoms with van der Waals surface area (Å²) >= 11 is 0. The molecular weight excluding hydrogens is 578 g/mol. The largest absolute Gasteiger partial charge is 0.419 e. The minimum Gasteiger partial charge on any atom is -0.374 e. The number of aliphatic hydroxyl groups is 1. The Balaban J connectivity index is 1.03. The lowest BCUT2D eigenvalue weighted by atomic mass is 9.96. The molecule has 0 radical (unpaired) electrons.